The summed E-state index contributed by atoms with van der Waals surface area (Å²) in [6.07, 6.45) is -0.584. The Hall–Kier alpha value is -2.79. The second-order valence-electron chi connectivity index (χ2n) is 5.81. The minimum absolute atomic E-state index is 0.155. The molecule has 0 aliphatic carbocycles. The fourth-order valence-corrected chi connectivity index (χ4v) is 3.24. The zero-order valence-corrected chi connectivity index (χ0v) is 14.0. The molecule has 0 saturated carbocycles. The molecule has 0 saturated heterocycles. The van der Waals surface area contributed by atoms with Gasteiger partial charge >= 0.3 is 0 Å². The number of halogens is 2. The van der Waals surface area contributed by atoms with Gasteiger partial charge in [0.1, 0.15) is 17.3 Å². The molecular formula is C19H14ClFN2O2. The van der Waals surface area contributed by atoms with E-state index < -0.39 is 12.0 Å². The SMILES string of the molecule is Cc1ccc(C2Nc3ccccc3C(=O)N2c2ccc(F)cc2Cl)o1. The van der Waals surface area contributed by atoms with Crippen LogP contribution in [0.4, 0.5) is 15.8 Å². The van der Waals surface area contributed by atoms with Crippen molar-refractivity contribution in [2.24, 2.45) is 0 Å². The van der Waals surface area contributed by atoms with Gasteiger partial charge in [-0.25, -0.2) is 4.39 Å². The third kappa shape index (κ3) is 2.66. The molecule has 4 nitrogen and oxygen atoms in total. The Balaban J connectivity index is 1.89. The first kappa shape index (κ1) is 15.7. The lowest BCUT2D eigenvalue weighted by molar-refractivity contribution is 0.0971. The monoisotopic (exact) mass is 356 g/mol. The van der Waals surface area contributed by atoms with Gasteiger partial charge in [0, 0.05) is 5.69 Å². The molecule has 4 rings (SSSR count). The predicted molar refractivity (Wildman–Crippen MR) is 94.5 cm³/mol. The summed E-state index contributed by atoms with van der Waals surface area (Å²) in [5.74, 6) is 0.605. The normalized spacial score (nSPS) is 16.5. The highest BCUT2D eigenvalue weighted by Gasteiger charge is 2.36. The smallest absolute Gasteiger partial charge is 0.262 e. The second-order valence-corrected chi connectivity index (χ2v) is 6.22. The second kappa shape index (κ2) is 5.93. The van der Waals surface area contributed by atoms with Crippen molar-refractivity contribution in [1.29, 1.82) is 0 Å². The number of fused-ring (bicyclic) bond motifs is 1. The molecule has 126 valence electrons. The Bertz CT molecular complexity index is 970. The molecular weight excluding hydrogens is 343 g/mol. The maximum atomic E-state index is 13.5. The van der Waals surface area contributed by atoms with E-state index in [2.05, 4.69) is 5.32 Å². The molecule has 2 heterocycles. The van der Waals surface area contributed by atoms with Crippen LogP contribution in [0.3, 0.4) is 0 Å². The van der Waals surface area contributed by atoms with Crippen LogP contribution in [0.2, 0.25) is 5.02 Å². The van der Waals surface area contributed by atoms with Crippen molar-refractivity contribution in [2.75, 3.05) is 10.2 Å². The summed E-state index contributed by atoms with van der Waals surface area (Å²) >= 11 is 6.22. The number of hydrogen-bond acceptors (Lipinski definition) is 3. The number of para-hydroxylation sites is 1. The van der Waals surface area contributed by atoms with Crippen LogP contribution in [0.1, 0.15) is 28.0 Å². The molecule has 1 unspecified atom stereocenters. The van der Waals surface area contributed by atoms with Crippen LogP contribution >= 0.6 is 11.6 Å². The van der Waals surface area contributed by atoms with E-state index in [4.69, 9.17) is 16.0 Å². The third-order valence-electron chi connectivity index (χ3n) is 4.13. The molecule has 0 spiro atoms. The number of nitrogens with one attached hydrogen (secondary N) is 1. The van der Waals surface area contributed by atoms with Crippen LogP contribution < -0.4 is 10.2 Å². The number of carbonyl (C=O) groups excluding carboxylic acids is 1. The van der Waals surface area contributed by atoms with E-state index in [1.54, 1.807) is 18.2 Å². The molecule has 0 radical (unpaired) electrons. The molecule has 0 bridgehead atoms. The van der Waals surface area contributed by atoms with E-state index >= 15 is 0 Å². The standard InChI is InChI=1S/C19H14ClFN2O2/c1-11-6-9-17(25-11)18-22-15-5-3-2-4-13(15)19(24)23(18)16-8-7-12(21)10-14(16)20/h2-10,18,22H,1H3. The quantitative estimate of drug-likeness (QED) is 0.690. The van der Waals surface area contributed by atoms with Crippen molar-refractivity contribution in [1.82, 2.24) is 0 Å². The summed E-state index contributed by atoms with van der Waals surface area (Å²) < 4.78 is 19.2. The highest BCUT2D eigenvalue weighted by atomic mass is 35.5. The zero-order valence-electron chi connectivity index (χ0n) is 13.3. The molecule has 3 aromatic rings. The maximum Gasteiger partial charge on any atom is 0.262 e. The van der Waals surface area contributed by atoms with Crippen LogP contribution in [0.5, 0.6) is 0 Å². The average Bonchev–Trinajstić information content (AvgIpc) is 3.02. The van der Waals surface area contributed by atoms with E-state index in [1.807, 2.05) is 25.1 Å². The topological polar surface area (TPSA) is 45.5 Å². The minimum Gasteiger partial charge on any atom is -0.462 e. The summed E-state index contributed by atoms with van der Waals surface area (Å²) in [7, 11) is 0. The molecule has 1 aliphatic rings. The molecule has 6 heteroatoms. The van der Waals surface area contributed by atoms with Gasteiger partial charge in [-0.1, -0.05) is 23.7 Å². The first-order valence-electron chi connectivity index (χ1n) is 7.75. The summed E-state index contributed by atoms with van der Waals surface area (Å²) in [4.78, 5) is 14.6. The van der Waals surface area contributed by atoms with E-state index in [0.717, 1.165) is 5.76 Å². The maximum absolute atomic E-state index is 13.5. The molecule has 1 N–H and O–H groups in total. The molecule has 1 atom stereocenters. The van der Waals surface area contributed by atoms with E-state index in [1.165, 1.54) is 23.1 Å². The molecule has 0 fully saturated rings. The number of amides is 1. The molecule has 1 aliphatic heterocycles. The lowest BCUT2D eigenvalue weighted by Crippen LogP contribution is -2.43. The summed E-state index contributed by atoms with van der Waals surface area (Å²) in [6.45, 7) is 1.83. The number of aryl methyl sites for hydroxylation is 1. The number of benzene rings is 2. The Labute approximate surface area is 148 Å². The van der Waals surface area contributed by atoms with E-state index in [-0.39, 0.29) is 10.9 Å². The molecule has 2 aromatic carbocycles. The highest BCUT2D eigenvalue weighted by molar-refractivity contribution is 6.34. The summed E-state index contributed by atoms with van der Waals surface area (Å²) in [5, 5.41) is 3.46. The van der Waals surface area contributed by atoms with Gasteiger partial charge in [-0.3, -0.25) is 9.69 Å². The van der Waals surface area contributed by atoms with Crippen LogP contribution in [0.15, 0.2) is 59.0 Å². The first-order chi connectivity index (χ1) is 12.0. The molecule has 25 heavy (non-hydrogen) atoms. The van der Waals surface area contributed by atoms with Gasteiger partial charge < -0.3 is 9.73 Å². The number of rotatable bonds is 2. The van der Waals surface area contributed by atoms with Crippen molar-refractivity contribution >= 4 is 28.9 Å². The van der Waals surface area contributed by atoms with E-state index in [9.17, 15) is 9.18 Å². The van der Waals surface area contributed by atoms with Gasteiger partial charge in [0.2, 0.25) is 0 Å². The number of nitrogens with zero attached hydrogens (tertiary/aromatic N) is 1. The number of carbonyl (C=O) groups is 1. The van der Waals surface area contributed by atoms with Crippen LogP contribution in [-0.4, -0.2) is 5.91 Å². The fraction of sp³-hybridized carbons (Fsp3) is 0.105. The Morgan fingerprint density at radius 3 is 2.68 bits per heavy atom. The Morgan fingerprint density at radius 1 is 1.16 bits per heavy atom. The van der Waals surface area contributed by atoms with Crippen molar-refractivity contribution in [2.45, 2.75) is 13.1 Å². The van der Waals surface area contributed by atoms with Crippen molar-refractivity contribution in [3.8, 4) is 0 Å². The van der Waals surface area contributed by atoms with Gasteiger partial charge in [-0.05, 0) is 49.4 Å². The van der Waals surface area contributed by atoms with Crippen LogP contribution in [0.25, 0.3) is 0 Å². The van der Waals surface area contributed by atoms with E-state index in [0.29, 0.717) is 22.7 Å². The lowest BCUT2D eigenvalue weighted by atomic mass is 10.1. The zero-order chi connectivity index (χ0) is 17.6. The Morgan fingerprint density at radius 2 is 1.96 bits per heavy atom. The summed E-state index contributed by atoms with van der Waals surface area (Å²) in [6, 6.07) is 14.8. The Kier molecular flexibility index (Phi) is 3.73. The lowest BCUT2D eigenvalue weighted by Gasteiger charge is -2.37. The number of furan rings is 1. The van der Waals surface area contributed by atoms with Crippen LogP contribution in [0, 0.1) is 12.7 Å². The van der Waals surface area contributed by atoms with Gasteiger partial charge in [0.15, 0.2) is 6.17 Å². The average molecular weight is 357 g/mol. The number of anilines is 2. The van der Waals surface area contributed by atoms with Gasteiger partial charge in [0.25, 0.3) is 5.91 Å². The van der Waals surface area contributed by atoms with Gasteiger partial charge in [-0.2, -0.15) is 0 Å². The van der Waals surface area contributed by atoms with Gasteiger partial charge in [-0.15, -0.1) is 0 Å². The van der Waals surface area contributed by atoms with Gasteiger partial charge in [0.05, 0.1) is 16.3 Å². The molecule has 1 amide bonds. The largest absolute Gasteiger partial charge is 0.462 e. The highest BCUT2D eigenvalue weighted by Crippen LogP contribution is 2.39. The van der Waals surface area contributed by atoms with Crippen molar-refractivity contribution in [3.05, 3.63) is 82.5 Å². The predicted octanol–water partition coefficient (Wildman–Crippen LogP) is 5.15. The fourth-order valence-electron chi connectivity index (χ4n) is 2.98. The summed E-state index contributed by atoms with van der Waals surface area (Å²) in [5.41, 5.74) is 1.64. The van der Waals surface area contributed by atoms with Crippen molar-refractivity contribution in [3.63, 3.8) is 0 Å². The number of hydrogen-bond donors (Lipinski definition) is 1. The third-order valence-corrected chi connectivity index (χ3v) is 4.43. The molecule has 1 aromatic heterocycles. The first-order valence-corrected chi connectivity index (χ1v) is 8.13. The van der Waals surface area contributed by atoms with Crippen LogP contribution in [-0.2, 0) is 0 Å². The minimum atomic E-state index is -0.584. The van der Waals surface area contributed by atoms with Crippen molar-refractivity contribution < 1.29 is 13.6 Å².